The SMILES string of the molecule is Cc1cc(C[C@@H]2CN(C(=O)c3nnc4n3CCCC4)C[C@@H]2O)on1. The Balaban J connectivity index is 1.47. The highest BCUT2D eigenvalue weighted by atomic mass is 16.5. The average molecular weight is 331 g/mol. The Morgan fingerprint density at radius 2 is 2.25 bits per heavy atom. The number of aryl methyl sites for hydroxylation is 2. The van der Waals surface area contributed by atoms with Gasteiger partial charge in [-0.05, 0) is 19.8 Å². The minimum absolute atomic E-state index is 0.0509. The number of amides is 1. The molecule has 2 atom stereocenters. The fourth-order valence-corrected chi connectivity index (χ4v) is 3.60. The highest BCUT2D eigenvalue weighted by molar-refractivity contribution is 5.91. The van der Waals surface area contributed by atoms with Crippen molar-refractivity contribution in [2.45, 2.75) is 45.3 Å². The van der Waals surface area contributed by atoms with Crippen molar-refractivity contribution < 1.29 is 14.4 Å². The molecule has 0 spiro atoms. The summed E-state index contributed by atoms with van der Waals surface area (Å²) in [5.41, 5.74) is 0.820. The second kappa shape index (κ2) is 6.01. The first-order chi connectivity index (χ1) is 11.6. The first kappa shape index (κ1) is 15.3. The number of carbonyl (C=O) groups excluding carboxylic acids is 1. The number of nitrogens with zero attached hydrogens (tertiary/aromatic N) is 5. The molecule has 4 heterocycles. The molecule has 2 aliphatic rings. The molecular weight excluding hydrogens is 310 g/mol. The summed E-state index contributed by atoms with van der Waals surface area (Å²) in [6.45, 7) is 3.46. The van der Waals surface area contributed by atoms with Crippen LogP contribution in [0.25, 0.3) is 0 Å². The Hall–Kier alpha value is -2.22. The van der Waals surface area contributed by atoms with Crippen molar-refractivity contribution in [1.29, 1.82) is 0 Å². The summed E-state index contributed by atoms with van der Waals surface area (Å²) < 4.78 is 7.15. The van der Waals surface area contributed by atoms with Crippen LogP contribution in [0.2, 0.25) is 0 Å². The van der Waals surface area contributed by atoms with Crippen LogP contribution in [0.5, 0.6) is 0 Å². The average Bonchev–Trinajstić information content (AvgIpc) is 3.27. The van der Waals surface area contributed by atoms with Crippen LogP contribution < -0.4 is 0 Å². The summed E-state index contributed by atoms with van der Waals surface area (Å²) in [5, 5.41) is 22.4. The van der Waals surface area contributed by atoms with Crippen molar-refractivity contribution in [3.05, 3.63) is 29.2 Å². The highest BCUT2D eigenvalue weighted by Crippen LogP contribution is 2.24. The molecule has 8 heteroatoms. The molecule has 0 aromatic carbocycles. The molecule has 0 saturated carbocycles. The van der Waals surface area contributed by atoms with Crippen LogP contribution in [0, 0.1) is 12.8 Å². The summed E-state index contributed by atoms with van der Waals surface area (Å²) in [6, 6.07) is 1.87. The molecule has 4 rings (SSSR count). The van der Waals surface area contributed by atoms with Crippen molar-refractivity contribution in [3.63, 3.8) is 0 Å². The number of hydrogen-bond donors (Lipinski definition) is 1. The summed E-state index contributed by atoms with van der Waals surface area (Å²) >= 11 is 0. The van der Waals surface area contributed by atoms with Gasteiger partial charge in [-0.1, -0.05) is 5.16 Å². The largest absolute Gasteiger partial charge is 0.391 e. The zero-order valence-corrected chi connectivity index (χ0v) is 13.7. The van der Waals surface area contributed by atoms with Crippen LogP contribution in [0.1, 0.15) is 40.7 Å². The van der Waals surface area contributed by atoms with Gasteiger partial charge < -0.3 is 19.1 Å². The maximum Gasteiger partial charge on any atom is 0.291 e. The smallest absolute Gasteiger partial charge is 0.291 e. The highest BCUT2D eigenvalue weighted by Gasteiger charge is 2.37. The Kier molecular flexibility index (Phi) is 3.84. The number of likely N-dealkylation sites (tertiary alicyclic amines) is 1. The number of rotatable bonds is 3. The maximum atomic E-state index is 12.8. The standard InChI is InChI=1S/C16H21N5O3/c1-10-6-12(24-19-10)7-11-8-20(9-13(11)22)16(23)15-18-17-14-4-2-3-5-21(14)15/h6,11,13,22H,2-5,7-9H2,1H3/t11-,13+/m1/s1. The van der Waals surface area contributed by atoms with E-state index in [0.29, 0.717) is 25.3 Å². The molecule has 0 radical (unpaired) electrons. The minimum atomic E-state index is -0.567. The van der Waals surface area contributed by atoms with Crippen LogP contribution >= 0.6 is 0 Å². The summed E-state index contributed by atoms with van der Waals surface area (Å²) in [5.74, 6) is 1.83. The lowest BCUT2D eigenvalue weighted by atomic mass is 10.0. The number of hydrogen-bond acceptors (Lipinski definition) is 6. The molecule has 8 nitrogen and oxygen atoms in total. The van der Waals surface area contributed by atoms with Gasteiger partial charge in [0.25, 0.3) is 5.91 Å². The molecule has 0 unspecified atom stereocenters. The van der Waals surface area contributed by atoms with E-state index in [0.717, 1.165) is 43.1 Å². The molecule has 0 bridgehead atoms. The Morgan fingerprint density at radius 3 is 3.04 bits per heavy atom. The van der Waals surface area contributed by atoms with Gasteiger partial charge in [0.15, 0.2) is 0 Å². The molecular formula is C16H21N5O3. The summed E-state index contributed by atoms with van der Waals surface area (Å²) in [4.78, 5) is 14.5. The van der Waals surface area contributed by atoms with Crippen molar-refractivity contribution in [2.24, 2.45) is 5.92 Å². The minimum Gasteiger partial charge on any atom is -0.391 e. The lowest BCUT2D eigenvalue weighted by molar-refractivity contribution is 0.0746. The second-order valence-electron chi connectivity index (χ2n) is 6.72. The number of aliphatic hydroxyl groups is 1. The molecule has 1 saturated heterocycles. The molecule has 1 N–H and O–H groups in total. The molecule has 2 aliphatic heterocycles. The monoisotopic (exact) mass is 331 g/mol. The fourth-order valence-electron chi connectivity index (χ4n) is 3.60. The van der Waals surface area contributed by atoms with E-state index in [9.17, 15) is 9.90 Å². The van der Waals surface area contributed by atoms with Crippen molar-refractivity contribution in [2.75, 3.05) is 13.1 Å². The van der Waals surface area contributed by atoms with E-state index in [-0.39, 0.29) is 11.8 Å². The van der Waals surface area contributed by atoms with Crippen LogP contribution in [-0.4, -0.2) is 55.0 Å². The molecule has 1 amide bonds. The topological polar surface area (TPSA) is 97.3 Å². The third-order valence-corrected chi connectivity index (χ3v) is 4.88. The maximum absolute atomic E-state index is 12.8. The Bertz CT molecular complexity index is 753. The van der Waals surface area contributed by atoms with Gasteiger partial charge in [-0.15, -0.1) is 10.2 Å². The van der Waals surface area contributed by atoms with Gasteiger partial charge in [0, 0.05) is 44.5 Å². The quantitative estimate of drug-likeness (QED) is 0.884. The summed E-state index contributed by atoms with van der Waals surface area (Å²) in [6.07, 6.45) is 3.01. The first-order valence-electron chi connectivity index (χ1n) is 8.43. The number of aromatic nitrogens is 4. The predicted molar refractivity (Wildman–Crippen MR) is 83.3 cm³/mol. The zero-order chi connectivity index (χ0) is 16.7. The third kappa shape index (κ3) is 2.71. The van der Waals surface area contributed by atoms with Gasteiger partial charge in [-0.2, -0.15) is 0 Å². The Morgan fingerprint density at radius 1 is 1.38 bits per heavy atom. The number of carbonyl (C=O) groups is 1. The second-order valence-corrected chi connectivity index (χ2v) is 6.72. The van der Waals surface area contributed by atoms with E-state index in [1.807, 2.05) is 17.6 Å². The molecule has 24 heavy (non-hydrogen) atoms. The molecule has 2 aromatic rings. The van der Waals surface area contributed by atoms with Gasteiger partial charge in [-0.3, -0.25) is 4.79 Å². The van der Waals surface area contributed by atoms with E-state index < -0.39 is 6.10 Å². The molecule has 128 valence electrons. The van der Waals surface area contributed by atoms with Gasteiger partial charge in [0.1, 0.15) is 11.6 Å². The van der Waals surface area contributed by atoms with Crippen LogP contribution in [0.15, 0.2) is 10.6 Å². The van der Waals surface area contributed by atoms with Gasteiger partial charge >= 0.3 is 0 Å². The van der Waals surface area contributed by atoms with Crippen molar-refractivity contribution in [3.8, 4) is 0 Å². The molecule has 1 fully saturated rings. The third-order valence-electron chi connectivity index (χ3n) is 4.88. The number of fused-ring (bicyclic) bond motifs is 1. The Labute approximate surface area is 139 Å². The normalized spacial score (nSPS) is 23.5. The lowest BCUT2D eigenvalue weighted by Gasteiger charge is -2.18. The lowest BCUT2D eigenvalue weighted by Crippen LogP contribution is -2.32. The first-order valence-corrected chi connectivity index (χ1v) is 8.43. The number of aliphatic hydroxyl groups excluding tert-OH is 1. The van der Waals surface area contributed by atoms with Crippen molar-refractivity contribution in [1.82, 2.24) is 24.8 Å². The van der Waals surface area contributed by atoms with E-state index >= 15 is 0 Å². The van der Waals surface area contributed by atoms with Gasteiger partial charge in [0.05, 0.1) is 11.8 Å². The van der Waals surface area contributed by atoms with E-state index in [4.69, 9.17) is 4.52 Å². The van der Waals surface area contributed by atoms with Crippen LogP contribution in [0.3, 0.4) is 0 Å². The van der Waals surface area contributed by atoms with E-state index in [2.05, 4.69) is 15.4 Å². The predicted octanol–water partition coefficient (Wildman–Crippen LogP) is 0.586. The summed E-state index contributed by atoms with van der Waals surface area (Å²) in [7, 11) is 0. The molecule has 2 aromatic heterocycles. The molecule has 0 aliphatic carbocycles. The van der Waals surface area contributed by atoms with Crippen molar-refractivity contribution >= 4 is 5.91 Å². The van der Waals surface area contributed by atoms with E-state index in [1.54, 1.807) is 4.90 Å². The van der Waals surface area contributed by atoms with Crippen LogP contribution in [-0.2, 0) is 19.4 Å². The fraction of sp³-hybridized carbons (Fsp3) is 0.625. The van der Waals surface area contributed by atoms with Gasteiger partial charge in [-0.25, -0.2) is 0 Å². The number of β-amino-alcohol motifs (C(OH)–C–C–N with tert-alkyl or cyclic N) is 1. The zero-order valence-electron chi connectivity index (χ0n) is 13.7. The van der Waals surface area contributed by atoms with Gasteiger partial charge in [0.2, 0.25) is 5.82 Å². The van der Waals surface area contributed by atoms with Crippen LogP contribution in [0.4, 0.5) is 0 Å². The van der Waals surface area contributed by atoms with E-state index in [1.165, 1.54) is 0 Å².